The summed E-state index contributed by atoms with van der Waals surface area (Å²) in [7, 11) is 0. The number of unbranched alkanes of at least 4 members (excludes halogenated alkanes) is 4. The fraction of sp³-hybridized carbons (Fsp3) is 0.417. The lowest BCUT2D eigenvalue weighted by Crippen LogP contribution is -2.25. The van der Waals surface area contributed by atoms with Crippen LogP contribution in [0.3, 0.4) is 0 Å². The van der Waals surface area contributed by atoms with Gasteiger partial charge in [0.1, 0.15) is 5.82 Å². The molecule has 0 fully saturated rings. The number of nitrogens with one attached hydrogen (secondary N) is 1. The quantitative estimate of drug-likeness (QED) is 0.392. The first kappa shape index (κ1) is 21.4. The van der Waals surface area contributed by atoms with E-state index in [4.69, 9.17) is 16.6 Å². The van der Waals surface area contributed by atoms with Gasteiger partial charge in [0, 0.05) is 30.1 Å². The molecule has 0 saturated heterocycles. The van der Waals surface area contributed by atoms with Gasteiger partial charge in [-0.3, -0.25) is 4.79 Å². The number of nitrogens with zero attached hydrogens (tertiary/aromatic N) is 2. The van der Waals surface area contributed by atoms with Crippen molar-refractivity contribution in [3.05, 3.63) is 64.9 Å². The largest absolute Gasteiger partial charge is 0.352 e. The van der Waals surface area contributed by atoms with Gasteiger partial charge in [0.05, 0.1) is 11.0 Å². The molecular formula is C24H30ClN3O. The number of aryl methyl sites for hydroxylation is 2. The van der Waals surface area contributed by atoms with E-state index in [1.54, 1.807) is 24.3 Å². The van der Waals surface area contributed by atoms with E-state index in [0.29, 0.717) is 17.1 Å². The lowest BCUT2D eigenvalue weighted by atomic mass is 10.1. The van der Waals surface area contributed by atoms with Gasteiger partial charge in [-0.2, -0.15) is 0 Å². The van der Waals surface area contributed by atoms with Gasteiger partial charge in [-0.1, -0.05) is 62.4 Å². The number of imidazole rings is 1. The van der Waals surface area contributed by atoms with Crippen LogP contribution >= 0.6 is 11.6 Å². The first-order chi connectivity index (χ1) is 14.2. The monoisotopic (exact) mass is 411 g/mol. The zero-order chi connectivity index (χ0) is 20.5. The fourth-order valence-electron chi connectivity index (χ4n) is 3.62. The minimum Gasteiger partial charge on any atom is -0.352 e. The third-order valence-corrected chi connectivity index (χ3v) is 5.40. The van der Waals surface area contributed by atoms with Gasteiger partial charge in [0.15, 0.2) is 0 Å². The van der Waals surface area contributed by atoms with Crippen molar-refractivity contribution in [2.45, 2.75) is 58.4 Å². The Morgan fingerprint density at radius 3 is 2.69 bits per heavy atom. The smallest absolute Gasteiger partial charge is 0.251 e. The first-order valence-electron chi connectivity index (χ1n) is 10.7. The van der Waals surface area contributed by atoms with E-state index >= 15 is 0 Å². The lowest BCUT2D eigenvalue weighted by Gasteiger charge is -2.10. The minimum absolute atomic E-state index is 0.0862. The predicted molar refractivity (Wildman–Crippen MR) is 121 cm³/mol. The molecule has 0 spiro atoms. The van der Waals surface area contributed by atoms with E-state index in [9.17, 15) is 4.79 Å². The molecule has 0 aliphatic carbocycles. The lowest BCUT2D eigenvalue weighted by molar-refractivity contribution is 0.0953. The van der Waals surface area contributed by atoms with Crippen LogP contribution in [0.5, 0.6) is 0 Å². The molecule has 0 bridgehead atoms. The average Bonchev–Trinajstić information content (AvgIpc) is 3.08. The van der Waals surface area contributed by atoms with Crippen LogP contribution in [0.25, 0.3) is 11.0 Å². The molecule has 1 amide bonds. The van der Waals surface area contributed by atoms with E-state index in [1.807, 2.05) is 6.07 Å². The molecule has 1 heterocycles. The summed E-state index contributed by atoms with van der Waals surface area (Å²) in [5, 5.41) is 3.56. The number of carbonyl (C=O) groups excluding carboxylic acids is 1. The molecule has 3 aromatic rings. The summed E-state index contributed by atoms with van der Waals surface area (Å²) in [6.45, 7) is 3.87. The van der Waals surface area contributed by atoms with Crippen LogP contribution in [0.2, 0.25) is 5.02 Å². The Morgan fingerprint density at radius 1 is 1.03 bits per heavy atom. The molecule has 1 N–H and O–H groups in total. The van der Waals surface area contributed by atoms with Gasteiger partial charge < -0.3 is 9.88 Å². The second-order valence-corrected chi connectivity index (χ2v) is 7.89. The summed E-state index contributed by atoms with van der Waals surface area (Å²) in [5.41, 5.74) is 2.86. The zero-order valence-corrected chi connectivity index (χ0v) is 17.9. The summed E-state index contributed by atoms with van der Waals surface area (Å²) in [4.78, 5) is 17.1. The van der Waals surface area contributed by atoms with Crippen LogP contribution < -0.4 is 5.32 Å². The Morgan fingerprint density at radius 2 is 1.86 bits per heavy atom. The second kappa shape index (κ2) is 11.0. The standard InChI is InChI=1S/C24H30ClN3O/c1-2-3-4-5-8-17-28-22-14-7-6-13-21(22)27-23(28)15-10-16-26-24(29)19-11-9-12-20(25)18-19/h6-7,9,11-14,18H,2-5,8,10,15-17H2,1H3,(H,26,29). The number of halogens is 1. The van der Waals surface area contributed by atoms with Gasteiger partial charge in [-0.25, -0.2) is 4.98 Å². The van der Waals surface area contributed by atoms with Crippen molar-refractivity contribution >= 4 is 28.5 Å². The van der Waals surface area contributed by atoms with Crippen LogP contribution in [0.4, 0.5) is 0 Å². The zero-order valence-electron chi connectivity index (χ0n) is 17.2. The highest BCUT2D eigenvalue weighted by Crippen LogP contribution is 2.18. The van der Waals surface area contributed by atoms with E-state index < -0.39 is 0 Å². The molecule has 0 unspecified atom stereocenters. The topological polar surface area (TPSA) is 46.9 Å². The summed E-state index contributed by atoms with van der Waals surface area (Å²) in [5.74, 6) is 1.02. The van der Waals surface area contributed by atoms with Crippen molar-refractivity contribution in [3.8, 4) is 0 Å². The molecule has 0 aliphatic heterocycles. The van der Waals surface area contributed by atoms with Crippen molar-refractivity contribution in [2.75, 3.05) is 6.54 Å². The van der Waals surface area contributed by atoms with Crippen LogP contribution in [-0.2, 0) is 13.0 Å². The molecule has 0 saturated carbocycles. The maximum atomic E-state index is 12.3. The number of para-hydroxylation sites is 2. The fourth-order valence-corrected chi connectivity index (χ4v) is 3.81. The Labute approximate surface area is 178 Å². The van der Waals surface area contributed by atoms with Gasteiger partial charge in [-0.15, -0.1) is 0 Å². The average molecular weight is 412 g/mol. The molecule has 154 valence electrons. The van der Waals surface area contributed by atoms with Gasteiger partial charge in [0.25, 0.3) is 5.91 Å². The van der Waals surface area contributed by atoms with Gasteiger partial charge in [0.2, 0.25) is 0 Å². The molecular weight excluding hydrogens is 382 g/mol. The van der Waals surface area contributed by atoms with Gasteiger partial charge >= 0.3 is 0 Å². The van der Waals surface area contributed by atoms with Crippen LogP contribution in [0, 0.1) is 0 Å². The Bertz CT molecular complexity index is 935. The molecule has 2 aromatic carbocycles. The van der Waals surface area contributed by atoms with Crippen molar-refractivity contribution < 1.29 is 4.79 Å². The third-order valence-electron chi connectivity index (χ3n) is 5.17. The first-order valence-corrected chi connectivity index (χ1v) is 11.0. The summed E-state index contributed by atoms with van der Waals surface area (Å²) >= 11 is 5.96. The minimum atomic E-state index is -0.0862. The normalized spacial score (nSPS) is 11.1. The Hall–Kier alpha value is -2.33. The molecule has 0 atom stereocenters. The van der Waals surface area contributed by atoms with Crippen molar-refractivity contribution in [2.24, 2.45) is 0 Å². The number of fused-ring (bicyclic) bond motifs is 1. The highest BCUT2D eigenvalue weighted by molar-refractivity contribution is 6.30. The number of benzene rings is 2. The van der Waals surface area contributed by atoms with Crippen LogP contribution in [-0.4, -0.2) is 22.0 Å². The second-order valence-electron chi connectivity index (χ2n) is 7.45. The van der Waals surface area contributed by atoms with Crippen LogP contribution in [0.1, 0.15) is 61.6 Å². The van der Waals surface area contributed by atoms with E-state index in [2.05, 4.69) is 35.0 Å². The molecule has 0 aliphatic rings. The SMILES string of the molecule is CCCCCCCn1c(CCCNC(=O)c2cccc(Cl)c2)nc2ccccc21. The third kappa shape index (κ3) is 6.07. The number of hydrogen-bond acceptors (Lipinski definition) is 2. The molecule has 1 aromatic heterocycles. The van der Waals surface area contributed by atoms with E-state index in [1.165, 1.54) is 37.6 Å². The Kier molecular flexibility index (Phi) is 8.12. The summed E-state index contributed by atoms with van der Waals surface area (Å²) in [6.07, 6.45) is 8.01. The number of hydrogen-bond donors (Lipinski definition) is 1. The Balaban J connectivity index is 1.56. The number of carbonyl (C=O) groups is 1. The maximum Gasteiger partial charge on any atom is 0.251 e. The van der Waals surface area contributed by atoms with E-state index in [0.717, 1.165) is 30.7 Å². The van der Waals surface area contributed by atoms with Crippen molar-refractivity contribution in [1.82, 2.24) is 14.9 Å². The predicted octanol–water partition coefficient (Wildman–Crippen LogP) is 6.02. The van der Waals surface area contributed by atoms with Crippen molar-refractivity contribution in [1.29, 1.82) is 0 Å². The highest BCUT2D eigenvalue weighted by Gasteiger charge is 2.11. The summed E-state index contributed by atoms with van der Waals surface area (Å²) in [6, 6.07) is 15.4. The molecule has 3 rings (SSSR count). The summed E-state index contributed by atoms with van der Waals surface area (Å²) < 4.78 is 2.36. The molecule has 4 nitrogen and oxygen atoms in total. The molecule has 29 heavy (non-hydrogen) atoms. The van der Waals surface area contributed by atoms with E-state index in [-0.39, 0.29) is 5.91 Å². The number of rotatable bonds is 11. The maximum absolute atomic E-state index is 12.3. The van der Waals surface area contributed by atoms with Crippen LogP contribution in [0.15, 0.2) is 48.5 Å². The molecule has 5 heteroatoms. The highest BCUT2D eigenvalue weighted by atomic mass is 35.5. The number of aromatic nitrogens is 2. The number of amides is 1. The van der Waals surface area contributed by atoms with Crippen molar-refractivity contribution in [3.63, 3.8) is 0 Å². The molecule has 0 radical (unpaired) electrons. The van der Waals surface area contributed by atoms with Gasteiger partial charge in [-0.05, 0) is 43.2 Å².